The number of nitrogens with zero attached hydrogens (tertiary/aromatic N) is 4. The summed E-state index contributed by atoms with van der Waals surface area (Å²) in [5, 5.41) is 9.90. The van der Waals surface area contributed by atoms with Gasteiger partial charge >= 0.3 is 0 Å². The Bertz CT molecular complexity index is 763. The first-order chi connectivity index (χ1) is 11.2. The number of nitrogens with one attached hydrogen (secondary N) is 1. The van der Waals surface area contributed by atoms with E-state index in [4.69, 9.17) is 0 Å². The predicted octanol–water partition coefficient (Wildman–Crippen LogP) is 4.29. The van der Waals surface area contributed by atoms with Crippen molar-refractivity contribution in [1.82, 2.24) is 19.7 Å². The van der Waals surface area contributed by atoms with Crippen LogP contribution in [0.5, 0.6) is 0 Å². The summed E-state index contributed by atoms with van der Waals surface area (Å²) in [5.41, 5.74) is 3.11. The molecule has 3 rings (SSSR count). The van der Waals surface area contributed by atoms with Crippen LogP contribution in [0.4, 0.5) is 5.95 Å². The molecule has 3 aromatic heterocycles. The van der Waals surface area contributed by atoms with Gasteiger partial charge in [0.2, 0.25) is 5.95 Å². The molecule has 0 aromatic carbocycles. The summed E-state index contributed by atoms with van der Waals surface area (Å²) in [6, 6.07) is 6.29. The molecule has 3 heterocycles. The predicted molar refractivity (Wildman–Crippen MR) is 94.6 cm³/mol. The fourth-order valence-electron chi connectivity index (χ4n) is 2.52. The molecule has 0 amide bonds. The molecule has 0 fully saturated rings. The minimum absolute atomic E-state index is 0.189. The van der Waals surface area contributed by atoms with Crippen LogP contribution in [0.3, 0.4) is 0 Å². The van der Waals surface area contributed by atoms with Crippen LogP contribution in [0.15, 0.2) is 36.0 Å². The first-order valence-corrected chi connectivity index (χ1v) is 8.72. The van der Waals surface area contributed by atoms with Gasteiger partial charge in [0.1, 0.15) is 0 Å². The lowest BCUT2D eigenvalue weighted by Crippen LogP contribution is -2.08. The molecule has 0 radical (unpaired) electrons. The van der Waals surface area contributed by atoms with Gasteiger partial charge in [-0.25, -0.2) is 9.97 Å². The molecule has 23 heavy (non-hydrogen) atoms. The summed E-state index contributed by atoms with van der Waals surface area (Å²) < 4.78 is 2.03. The Labute approximate surface area is 140 Å². The van der Waals surface area contributed by atoms with Crippen LogP contribution < -0.4 is 5.32 Å². The maximum absolute atomic E-state index is 4.66. The molecule has 0 aliphatic carbocycles. The first kappa shape index (κ1) is 15.7. The SMILES string of the molecule is CCCn1ncc(-c2ccnc(NC(C)c3cccs3)n2)c1C. The van der Waals surface area contributed by atoms with Crippen LogP contribution in [0, 0.1) is 6.92 Å². The van der Waals surface area contributed by atoms with Crippen LogP contribution in [-0.4, -0.2) is 19.7 Å². The lowest BCUT2D eigenvalue weighted by atomic mass is 10.2. The molecule has 0 aliphatic heterocycles. The number of hydrogen-bond acceptors (Lipinski definition) is 5. The van der Waals surface area contributed by atoms with Crippen molar-refractivity contribution in [2.24, 2.45) is 0 Å². The van der Waals surface area contributed by atoms with E-state index in [1.807, 2.05) is 16.9 Å². The molecule has 120 valence electrons. The maximum atomic E-state index is 4.66. The van der Waals surface area contributed by atoms with Gasteiger partial charge in [-0.2, -0.15) is 5.10 Å². The van der Waals surface area contributed by atoms with Crippen LogP contribution in [0.2, 0.25) is 0 Å². The molecule has 1 atom stereocenters. The molecule has 5 nitrogen and oxygen atoms in total. The van der Waals surface area contributed by atoms with Crippen LogP contribution in [0.25, 0.3) is 11.3 Å². The maximum Gasteiger partial charge on any atom is 0.223 e. The molecule has 0 bridgehead atoms. The first-order valence-electron chi connectivity index (χ1n) is 7.84. The van der Waals surface area contributed by atoms with Gasteiger partial charge in [0.05, 0.1) is 17.9 Å². The average Bonchev–Trinajstić information content (AvgIpc) is 3.19. The van der Waals surface area contributed by atoms with Crippen molar-refractivity contribution in [1.29, 1.82) is 0 Å². The highest BCUT2D eigenvalue weighted by Crippen LogP contribution is 2.24. The Morgan fingerprint density at radius 3 is 2.96 bits per heavy atom. The highest BCUT2D eigenvalue weighted by Gasteiger charge is 2.12. The van der Waals surface area contributed by atoms with Gasteiger partial charge in [0.15, 0.2) is 0 Å². The van der Waals surface area contributed by atoms with Gasteiger partial charge < -0.3 is 5.32 Å². The highest BCUT2D eigenvalue weighted by molar-refractivity contribution is 7.10. The van der Waals surface area contributed by atoms with E-state index >= 15 is 0 Å². The molecule has 0 spiro atoms. The van der Waals surface area contributed by atoms with Crippen molar-refractivity contribution in [3.63, 3.8) is 0 Å². The van der Waals surface area contributed by atoms with E-state index < -0.39 is 0 Å². The van der Waals surface area contributed by atoms with Gasteiger partial charge in [-0.05, 0) is 37.8 Å². The smallest absolute Gasteiger partial charge is 0.223 e. The molecule has 6 heteroatoms. The van der Waals surface area contributed by atoms with Crippen molar-refractivity contribution >= 4 is 17.3 Å². The number of aromatic nitrogens is 4. The largest absolute Gasteiger partial charge is 0.347 e. The zero-order valence-electron chi connectivity index (χ0n) is 13.7. The van der Waals surface area contributed by atoms with E-state index in [0.717, 1.165) is 29.9 Å². The van der Waals surface area contributed by atoms with E-state index in [2.05, 4.69) is 58.7 Å². The van der Waals surface area contributed by atoms with E-state index in [1.54, 1.807) is 17.5 Å². The molecular formula is C17H21N5S. The zero-order valence-corrected chi connectivity index (χ0v) is 14.5. The van der Waals surface area contributed by atoms with Gasteiger partial charge in [-0.3, -0.25) is 4.68 Å². The van der Waals surface area contributed by atoms with Gasteiger partial charge in [0, 0.05) is 28.9 Å². The number of rotatable bonds is 6. The van der Waals surface area contributed by atoms with Crippen LogP contribution >= 0.6 is 11.3 Å². The minimum Gasteiger partial charge on any atom is -0.347 e. The van der Waals surface area contributed by atoms with E-state index in [-0.39, 0.29) is 6.04 Å². The normalized spacial score (nSPS) is 12.3. The summed E-state index contributed by atoms with van der Waals surface area (Å²) in [6.07, 6.45) is 4.75. The van der Waals surface area contributed by atoms with E-state index in [1.165, 1.54) is 4.88 Å². The Hall–Kier alpha value is -2.21. The van der Waals surface area contributed by atoms with Gasteiger partial charge in [0.25, 0.3) is 0 Å². The second-order valence-corrected chi connectivity index (χ2v) is 6.49. The van der Waals surface area contributed by atoms with E-state index in [0.29, 0.717) is 5.95 Å². The van der Waals surface area contributed by atoms with Crippen LogP contribution in [0.1, 0.15) is 36.9 Å². The quantitative estimate of drug-likeness (QED) is 0.733. The van der Waals surface area contributed by atoms with Gasteiger partial charge in [-0.15, -0.1) is 11.3 Å². The molecule has 0 saturated heterocycles. The third kappa shape index (κ3) is 3.42. The lowest BCUT2D eigenvalue weighted by molar-refractivity contribution is 0.587. The average molecular weight is 327 g/mol. The fraction of sp³-hybridized carbons (Fsp3) is 0.353. The van der Waals surface area contributed by atoms with Crippen molar-refractivity contribution in [3.8, 4) is 11.3 Å². The minimum atomic E-state index is 0.189. The number of hydrogen-bond donors (Lipinski definition) is 1. The van der Waals surface area contributed by atoms with Gasteiger partial charge in [-0.1, -0.05) is 13.0 Å². The summed E-state index contributed by atoms with van der Waals surface area (Å²) in [7, 11) is 0. The molecular weight excluding hydrogens is 306 g/mol. The summed E-state index contributed by atoms with van der Waals surface area (Å²) in [4.78, 5) is 10.3. The Morgan fingerprint density at radius 1 is 1.35 bits per heavy atom. The van der Waals surface area contributed by atoms with Crippen molar-refractivity contribution in [3.05, 3.63) is 46.5 Å². The summed E-state index contributed by atoms with van der Waals surface area (Å²) in [6.45, 7) is 7.28. The molecule has 3 aromatic rings. The molecule has 0 aliphatic rings. The fourth-order valence-corrected chi connectivity index (χ4v) is 3.25. The second kappa shape index (κ2) is 6.91. The molecule has 0 saturated carbocycles. The third-order valence-electron chi connectivity index (χ3n) is 3.79. The summed E-state index contributed by atoms with van der Waals surface area (Å²) in [5.74, 6) is 0.644. The van der Waals surface area contributed by atoms with Crippen LogP contribution in [-0.2, 0) is 6.54 Å². The van der Waals surface area contributed by atoms with Crippen molar-refractivity contribution in [2.75, 3.05) is 5.32 Å². The lowest BCUT2D eigenvalue weighted by Gasteiger charge is -2.12. The number of anilines is 1. The summed E-state index contributed by atoms with van der Waals surface area (Å²) >= 11 is 1.73. The van der Waals surface area contributed by atoms with Crippen molar-refractivity contribution in [2.45, 2.75) is 39.8 Å². The van der Waals surface area contributed by atoms with Crippen molar-refractivity contribution < 1.29 is 0 Å². The Morgan fingerprint density at radius 2 is 2.22 bits per heavy atom. The molecule has 1 unspecified atom stereocenters. The topological polar surface area (TPSA) is 55.6 Å². The highest BCUT2D eigenvalue weighted by atomic mass is 32.1. The second-order valence-electron chi connectivity index (χ2n) is 5.51. The number of aryl methyl sites for hydroxylation is 1. The monoisotopic (exact) mass is 327 g/mol. The molecule has 1 N–H and O–H groups in total. The Balaban J connectivity index is 1.82. The third-order valence-corrected chi connectivity index (χ3v) is 4.84. The van der Waals surface area contributed by atoms with E-state index in [9.17, 15) is 0 Å². The number of thiophene rings is 1. The Kier molecular flexibility index (Phi) is 4.71. The standard InChI is InChI=1S/C17H21N5S/c1-4-9-22-13(3)14(11-19-22)15-7-8-18-17(21-15)20-12(2)16-6-5-10-23-16/h5-8,10-12H,4,9H2,1-3H3,(H,18,20,21). The zero-order chi connectivity index (χ0) is 16.2.